The van der Waals surface area contributed by atoms with Gasteiger partial charge in [-0.05, 0) is 13.5 Å². The summed E-state index contributed by atoms with van der Waals surface area (Å²) in [6, 6.07) is -0.114. The first-order chi connectivity index (χ1) is 7.50. The molecule has 1 heterocycles. The second-order valence-electron chi connectivity index (χ2n) is 3.82. The minimum Gasteiger partial charge on any atom is -0.379 e. The van der Waals surface area contributed by atoms with Crippen LogP contribution >= 0.6 is 0 Å². The Labute approximate surface area is 95.8 Å². The molecule has 0 radical (unpaired) electrons. The van der Waals surface area contributed by atoms with E-state index in [1.54, 1.807) is 14.0 Å². The molecule has 0 bridgehead atoms. The molecule has 2 atom stereocenters. The molecule has 0 aromatic heterocycles. The zero-order chi connectivity index (χ0) is 12.2. The van der Waals surface area contributed by atoms with Crippen LogP contribution in [0.4, 0.5) is 0 Å². The highest BCUT2D eigenvalue weighted by Gasteiger charge is 2.34. The SMILES string of the molecule is CCCS(=O)(=O)NC(=O)C1COCC1NC. The fraction of sp³-hybridized carbons (Fsp3) is 0.889. The number of likely N-dealkylation sites (N-methyl/N-ethyl adjacent to an activating group) is 1. The number of carbonyl (C=O) groups excluding carboxylic acids is 1. The van der Waals surface area contributed by atoms with E-state index >= 15 is 0 Å². The Bertz CT molecular complexity index is 341. The molecule has 1 fully saturated rings. The standard InChI is InChI=1S/C9H18N2O4S/c1-3-4-16(13,14)11-9(12)7-5-15-6-8(7)10-2/h7-8,10H,3-6H2,1-2H3,(H,11,12). The first-order valence-electron chi connectivity index (χ1n) is 5.29. The van der Waals surface area contributed by atoms with Gasteiger partial charge in [-0.25, -0.2) is 8.42 Å². The number of sulfonamides is 1. The van der Waals surface area contributed by atoms with E-state index in [2.05, 4.69) is 10.0 Å². The Morgan fingerprint density at radius 2 is 2.12 bits per heavy atom. The fourth-order valence-corrected chi connectivity index (χ4v) is 2.74. The van der Waals surface area contributed by atoms with Gasteiger partial charge in [0.15, 0.2) is 0 Å². The van der Waals surface area contributed by atoms with Gasteiger partial charge < -0.3 is 10.1 Å². The number of hydrogen-bond donors (Lipinski definition) is 2. The van der Waals surface area contributed by atoms with Crippen molar-refractivity contribution < 1.29 is 17.9 Å². The van der Waals surface area contributed by atoms with Crippen molar-refractivity contribution in [3.8, 4) is 0 Å². The van der Waals surface area contributed by atoms with Crippen molar-refractivity contribution >= 4 is 15.9 Å². The molecule has 94 valence electrons. The maximum atomic E-state index is 11.7. The fourth-order valence-electron chi connectivity index (χ4n) is 1.65. The molecule has 7 heteroatoms. The third-order valence-corrected chi connectivity index (χ3v) is 3.97. The van der Waals surface area contributed by atoms with Gasteiger partial charge in [0.1, 0.15) is 0 Å². The molecule has 0 spiro atoms. The summed E-state index contributed by atoms with van der Waals surface area (Å²) in [6.45, 7) is 2.44. The summed E-state index contributed by atoms with van der Waals surface area (Å²) in [5.74, 6) is -0.946. The van der Waals surface area contributed by atoms with Crippen molar-refractivity contribution in [2.24, 2.45) is 5.92 Å². The highest BCUT2D eigenvalue weighted by molar-refractivity contribution is 7.90. The molecule has 16 heavy (non-hydrogen) atoms. The van der Waals surface area contributed by atoms with Gasteiger partial charge >= 0.3 is 0 Å². The first-order valence-corrected chi connectivity index (χ1v) is 6.94. The highest BCUT2D eigenvalue weighted by Crippen LogP contribution is 2.13. The number of nitrogens with one attached hydrogen (secondary N) is 2. The van der Waals surface area contributed by atoms with E-state index in [0.29, 0.717) is 13.0 Å². The van der Waals surface area contributed by atoms with Gasteiger partial charge in [0.2, 0.25) is 15.9 Å². The van der Waals surface area contributed by atoms with Gasteiger partial charge in [-0.3, -0.25) is 9.52 Å². The Kier molecular flexibility index (Phi) is 4.69. The number of hydrogen-bond acceptors (Lipinski definition) is 5. The van der Waals surface area contributed by atoms with Crippen molar-refractivity contribution in [3.05, 3.63) is 0 Å². The second kappa shape index (κ2) is 5.60. The van der Waals surface area contributed by atoms with Crippen molar-refractivity contribution in [2.75, 3.05) is 26.0 Å². The molecular weight excluding hydrogens is 232 g/mol. The topological polar surface area (TPSA) is 84.5 Å². The molecule has 2 N–H and O–H groups in total. The van der Waals surface area contributed by atoms with Gasteiger partial charge in [-0.15, -0.1) is 0 Å². The molecule has 1 saturated heterocycles. The summed E-state index contributed by atoms with van der Waals surface area (Å²) in [4.78, 5) is 11.7. The summed E-state index contributed by atoms with van der Waals surface area (Å²) in [5, 5.41) is 2.93. The minimum atomic E-state index is -3.48. The molecule has 1 aliphatic heterocycles. The quantitative estimate of drug-likeness (QED) is 0.659. The van der Waals surface area contributed by atoms with E-state index in [9.17, 15) is 13.2 Å². The molecular formula is C9H18N2O4S. The highest BCUT2D eigenvalue weighted by atomic mass is 32.2. The molecule has 1 amide bonds. The number of ether oxygens (including phenoxy) is 1. The molecule has 0 saturated carbocycles. The van der Waals surface area contributed by atoms with Gasteiger partial charge in [0.25, 0.3) is 0 Å². The number of rotatable bonds is 5. The third-order valence-electron chi connectivity index (χ3n) is 2.52. The summed E-state index contributed by atoms with van der Waals surface area (Å²) in [6.07, 6.45) is 0.485. The smallest absolute Gasteiger partial charge is 0.240 e. The second-order valence-corrected chi connectivity index (χ2v) is 5.67. The van der Waals surface area contributed by atoms with Crippen molar-refractivity contribution in [2.45, 2.75) is 19.4 Å². The summed E-state index contributed by atoms with van der Waals surface area (Å²) in [5.41, 5.74) is 0. The lowest BCUT2D eigenvalue weighted by atomic mass is 10.0. The first kappa shape index (κ1) is 13.4. The largest absolute Gasteiger partial charge is 0.379 e. The maximum Gasteiger partial charge on any atom is 0.240 e. The lowest BCUT2D eigenvalue weighted by Gasteiger charge is -2.16. The molecule has 0 aromatic carbocycles. The van der Waals surface area contributed by atoms with Crippen LogP contribution < -0.4 is 10.0 Å². The van der Waals surface area contributed by atoms with Crippen LogP contribution in [0.5, 0.6) is 0 Å². The lowest BCUT2D eigenvalue weighted by Crippen LogP contribution is -2.45. The predicted octanol–water partition coefficient (Wildman–Crippen LogP) is -0.923. The third kappa shape index (κ3) is 3.43. The zero-order valence-corrected chi connectivity index (χ0v) is 10.3. The maximum absolute atomic E-state index is 11.7. The molecule has 1 aliphatic rings. The van der Waals surface area contributed by atoms with E-state index in [1.165, 1.54) is 0 Å². The molecule has 0 aromatic rings. The Balaban J connectivity index is 2.58. The van der Waals surface area contributed by atoms with Crippen molar-refractivity contribution in [3.63, 3.8) is 0 Å². The summed E-state index contributed by atoms with van der Waals surface area (Å²) in [7, 11) is -1.76. The van der Waals surface area contributed by atoms with Crippen molar-refractivity contribution in [1.82, 2.24) is 10.0 Å². The average molecular weight is 250 g/mol. The number of carbonyl (C=O) groups is 1. The van der Waals surface area contributed by atoms with E-state index in [-0.39, 0.29) is 18.4 Å². The zero-order valence-electron chi connectivity index (χ0n) is 9.52. The Morgan fingerprint density at radius 3 is 2.69 bits per heavy atom. The van der Waals surface area contributed by atoms with Crippen LogP contribution in [0.2, 0.25) is 0 Å². The lowest BCUT2D eigenvalue weighted by molar-refractivity contribution is -0.123. The Hall–Kier alpha value is -0.660. The summed E-state index contributed by atoms with van der Waals surface area (Å²) >= 11 is 0. The monoisotopic (exact) mass is 250 g/mol. The van der Waals surface area contributed by atoms with Crippen LogP contribution in [0, 0.1) is 5.92 Å². The molecule has 6 nitrogen and oxygen atoms in total. The minimum absolute atomic E-state index is 0.0312. The van der Waals surface area contributed by atoms with Crippen LogP contribution in [-0.4, -0.2) is 46.4 Å². The summed E-state index contributed by atoms with van der Waals surface area (Å²) < 4.78 is 30.0. The van der Waals surface area contributed by atoms with E-state index in [1.807, 2.05) is 0 Å². The average Bonchev–Trinajstić information content (AvgIpc) is 2.64. The van der Waals surface area contributed by atoms with Gasteiger partial charge in [0, 0.05) is 6.04 Å². The van der Waals surface area contributed by atoms with Crippen LogP contribution in [0.25, 0.3) is 0 Å². The molecule has 0 aliphatic carbocycles. The molecule has 2 unspecified atom stereocenters. The number of amides is 1. The van der Waals surface area contributed by atoms with Crippen LogP contribution in [0.3, 0.4) is 0 Å². The van der Waals surface area contributed by atoms with E-state index < -0.39 is 21.8 Å². The normalized spacial score (nSPS) is 25.6. The van der Waals surface area contributed by atoms with E-state index in [4.69, 9.17) is 4.74 Å². The van der Waals surface area contributed by atoms with Crippen LogP contribution in [0.1, 0.15) is 13.3 Å². The molecule has 1 rings (SSSR count). The van der Waals surface area contributed by atoms with Gasteiger partial charge in [-0.1, -0.05) is 6.92 Å². The van der Waals surface area contributed by atoms with Crippen molar-refractivity contribution in [1.29, 1.82) is 0 Å². The Morgan fingerprint density at radius 1 is 1.44 bits per heavy atom. The van der Waals surface area contributed by atoms with Crippen LogP contribution in [0.15, 0.2) is 0 Å². The van der Waals surface area contributed by atoms with Gasteiger partial charge in [-0.2, -0.15) is 0 Å². The predicted molar refractivity (Wildman–Crippen MR) is 59.4 cm³/mol. The van der Waals surface area contributed by atoms with Gasteiger partial charge in [0.05, 0.1) is 24.9 Å². The van der Waals surface area contributed by atoms with Crippen LogP contribution in [-0.2, 0) is 19.6 Å². The van der Waals surface area contributed by atoms with E-state index in [0.717, 1.165) is 0 Å².